The van der Waals surface area contributed by atoms with Crippen LogP contribution in [0, 0.1) is 5.92 Å². The van der Waals surface area contributed by atoms with E-state index in [0.29, 0.717) is 26.0 Å². The van der Waals surface area contributed by atoms with Gasteiger partial charge in [-0.3, -0.25) is 4.79 Å². The van der Waals surface area contributed by atoms with E-state index >= 15 is 0 Å². The Bertz CT molecular complexity index is 663. The number of nitrogens with one attached hydrogen (secondary N) is 1. The number of rotatable bonds is 6. The SMILES string of the molecule is COC[C@H](C)NC(=O)[C@H]1CCCN(S(=O)(=O)c2ccc(Br)cc2)C1. The summed E-state index contributed by atoms with van der Waals surface area (Å²) < 4.78 is 32.7. The Labute approximate surface area is 151 Å². The first-order valence-electron chi connectivity index (χ1n) is 7.89. The molecule has 24 heavy (non-hydrogen) atoms. The molecular weight excluding hydrogens is 396 g/mol. The number of amides is 1. The van der Waals surface area contributed by atoms with Crippen LogP contribution in [0.2, 0.25) is 0 Å². The van der Waals surface area contributed by atoms with Gasteiger partial charge in [0.25, 0.3) is 0 Å². The highest BCUT2D eigenvalue weighted by atomic mass is 79.9. The Morgan fingerprint density at radius 1 is 1.42 bits per heavy atom. The van der Waals surface area contributed by atoms with Gasteiger partial charge < -0.3 is 10.1 Å². The highest BCUT2D eigenvalue weighted by molar-refractivity contribution is 9.10. The summed E-state index contributed by atoms with van der Waals surface area (Å²) in [6.45, 7) is 2.94. The standard InChI is InChI=1S/C16H23BrN2O4S/c1-12(11-23-2)18-16(20)13-4-3-9-19(10-13)24(21,22)15-7-5-14(17)6-8-15/h5-8,12-13H,3-4,9-11H2,1-2H3,(H,18,20)/t12-,13-/m0/s1. The van der Waals surface area contributed by atoms with Crippen molar-refractivity contribution in [3.63, 3.8) is 0 Å². The van der Waals surface area contributed by atoms with E-state index in [0.717, 1.165) is 4.47 Å². The minimum absolute atomic E-state index is 0.0963. The third-order valence-corrected chi connectivity index (χ3v) is 6.42. The molecule has 8 heteroatoms. The molecule has 0 radical (unpaired) electrons. The van der Waals surface area contributed by atoms with Crippen LogP contribution in [0.5, 0.6) is 0 Å². The lowest BCUT2D eigenvalue weighted by Gasteiger charge is -2.31. The van der Waals surface area contributed by atoms with E-state index in [9.17, 15) is 13.2 Å². The normalized spacial score (nSPS) is 20.5. The molecule has 134 valence electrons. The molecule has 1 N–H and O–H groups in total. The lowest BCUT2D eigenvalue weighted by atomic mass is 9.98. The fourth-order valence-corrected chi connectivity index (χ4v) is 4.57. The molecule has 2 rings (SSSR count). The molecule has 1 aliphatic rings. The summed E-state index contributed by atoms with van der Waals surface area (Å²) in [4.78, 5) is 12.6. The molecule has 0 unspecified atom stereocenters. The monoisotopic (exact) mass is 418 g/mol. The molecule has 6 nitrogen and oxygen atoms in total. The summed E-state index contributed by atoms with van der Waals surface area (Å²) in [6, 6.07) is 6.45. The van der Waals surface area contributed by atoms with Crippen LogP contribution in [0.15, 0.2) is 33.6 Å². The van der Waals surface area contributed by atoms with Gasteiger partial charge in [0.15, 0.2) is 0 Å². The smallest absolute Gasteiger partial charge is 0.243 e. The van der Waals surface area contributed by atoms with Gasteiger partial charge in [0.1, 0.15) is 0 Å². The summed E-state index contributed by atoms with van der Waals surface area (Å²) in [6.07, 6.45) is 1.37. The average molecular weight is 419 g/mol. The van der Waals surface area contributed by atoms with Crippen molar-refractivity contribution in [1.82, 2.24) is 9.62 Å². The number of carbonyl (C=O) groups is 1. The molecule has 1 heterocycles. The fourth-order valence-electron chi connectivity index (χ4n) is 2.78. The van der Waals surface area contributed by atoms with Crippen molar-refractivity contribution in [2.45, 2.75) is 30.7 Å². The molecule has 1 amide bonds. The zero-order valence-corrected chi connectivity index (χ0v) is 16.3. The van der Waals surface area contributed by atoms with E-state index in [2.05, 4.69) is 21.2 Å². The van der Waals surface area contributed by atoms with Crippen molar-refractivity contribution < 1.29 is 17.9 Å². The Hall–Kier alpha value is -0.960. The van der Waals surface area contributed by atoms with Crippen molar-refractivity contribution in [2.24, 2.45) is 5.92 Å². The highest BCUT2D eigenvalue weighted by Crippen LogP contribution is 2.25. The zero-order chi connectivity index (χ0) is 17.7. The lowest BCUT2D eigenvalue weighted by molar-refractivity contribution is -0.127. The number of piperidine rings is 1. The van der Waals surface area contributed by atoms with Crippen LogP contribution in [0.1, 0.15) is 19.8 Å². The Balaban J connectivity index is 2.07. The molecule has 1 aromatic rings. The average Bonchev–Trinajstić information content (AvgIpc) is 2.55. The molecule has 1 saturated heterocycles. The summed E-state index contributed by atoms with van der Waals surface area (Å²) in [5.74, 6) is -0.446. The third kappa shape index (κ3) is 4.78. The van der Waals surface area contributed by atoms with Crippen molar-refractivity contribution in [2.75, 3.05) is 26.8 Å². The molecule has 0 spiro atoms. The van der Waals surface area contributed by atoms with E-state index in [1.807, 2.05) is 6.92 Å². The molecular formula is C16H23BrN2O4S. The number of nitrogens with zero attached hydrogens (tertiary/aromatic N) is 1. The highest BCUT2D eigenvalue weighted by Gasteiger charge is 2.33. The maximum atomic E-state index is 12.8. The van der Waals surface area contributed by atoms with Crippen LogP contribution >= 0.6 is 15.9 Å². The van der Waals surface area contributed by atoms with Crippen molar-refractivity contribution >= 4 is 31.9 Å². The van der Waals surface area contributed by atoms with Gasteiger partial charge >= 0.3 is 0 Å². The van der Waals surface area contributed by atoms with Gasteiger partial charge in [0.2, 0.25) is 15.9 Å². The predicted molar refractivity (Wildman–Crippen MR) is 95.1 cm³/mol. The lowest BCUT2D eigenvalue weighted by Crippen LogP contribution is -2.47. The quantitative estimate of drug-likeness (QED) is 0.766. The second kappa shape index (κ2) is 8.42. The first-order valence-corrected chi connectivity index (χ1v) is 10.1. The third-order valence-electron chi connectivity index (χ3n) is 4.01. The minimum Gasteiger partial charge on any atom is -0.383 e. The molecule has 0 aliphatic carbocycles. The van der Waals surface area contributed by atoms with Gasteiger partial charge in [-0.05, 0) is 44.0 Å². The van der Waals surface area contributed by atoms with Crippen LogP contribution < -0.4 is 5.32 Å². The predicted octanol–water partition coefficient (Wildman–Crippen LogP) is 2.00. The Morgan fingerprint density at radius 3 is 2.71 bits per heavy atom. The number of hydrogen-bond acceptors (Lipinski definition) is 4. The number of benzene rings is 1. The first-order chi connectivity index (χ1) is 11.3. The fraction of sp³-hybridized carbons (Fsp3) is 0.562. The number of ether oxygens (including phenoxy) is 1. The van der Waals surface area contributed by atoms with Gasteiger partial charge in [0, 0.05) is 30.7 Å². The van der Waals surface area contributed by atoms with Gasteiger partial charge in [-0.25, -0.2) is 8.42 Å². The molecule has 0 saturated carbocycles. The van der Waals surface area contributed by atoms with Crippen LogP contribution in [-0.2, 0) is 19.6 Å². The molecule has 1 aromatic carbocycles. The molecule has 0 aromatic heterocycles. The molecule has 1 aliphatic heterocycles. The molecule has 1 fully saturated rings. The van der Waals surface area contributed by atoms with Crippen LogP contribution in [0.4, 0.5) is 0 Å². The number of hydrogen-bond donors (Lipinski definition) is 1. The van der Waals surface area contributed by atoms with E-state index in [4.69, 9.17) is 4.74 Å². The van der Waals surface area contributed by atoms with E-state index in [1.165, 1.54) is 4.31 Å². The summed E-state index contributed by atoms with van der Waals surface area (Å²) in [7, 11) is -2.00. The van der Waals surface area contributed by atoms with Gasteiger partial charge in [0.05, 0.1) is 17.4 Å². The van der Waals surface area contributed by atoms with E-state index < -0.39 is 10.0 Å². The topological polar surface area (TPSA) is 75.7 Å². The van der Waals surface area contributed by atoms with Gasteiger partial charge in [-0.1, -0.05) is 15.9 Å². The van der Waals surface area contributed by atoms with E-state index in [-0.39, 0.29) is 29.3 Å². The van der Waals surface area contributed by atoms with Crippen molar-refractivity contribution in [1.29, 1.82) is 0 Å². The van der Waals surface area contributed by atoms with Crippen LogP contribution in [0.3, 0.4) is 0 Å². The van der Waals surface area contributed by atoms with Crippen molar-refractivity contribution in [3.05, 3.63) is 28.7 Å². The minimum atomic E-state index is -3.58. The van der Waals surface area contributed by atoms with Crippen LogP contribution in [-0.4, -0.2) is 51.5 Å². The number of sulfonamides is 1. The largest absolute Gasteiger partial charge is 0.383 e. The first kappa shape index (κ1) is 19.4. The van der Waals surface area contributed by atoms with Gasteiger partial charge in [-0.15, -0.1) is 0 Å². The maximum absolute atomic E-state index is 12.8. The second-order valence-electron chi connectivity index (χ2n) is 6.02. The maximum Gasteiger partial charge on any atom is 0.243 e. The number of carbonyl (C=O) groups excluding carboxylic acids is 1. The number of halogens is 1. The van der Waals surface area contributed by atoms with Gasteiger partial charge in [-0.2, -0.15) is 4.31 Å². The molecule has 2 atom stereocenters. The summed E-state index contributed by atoms with van der Waals surface area (Å²) in [5, 5.41) is 2.88. The van der Waals surface area contributed by atoms with Crippen molar-refractivity contribution in [3.8, 4) is 0 Å². The Morgan fingerprint density at radius 2 is 2.08 bits per heavy atom. The number of methoxy groups -OCH3 is 1. The molecule has 0 bridgehead atoms. The second-order valence-corrected chi connectivity index (χ2v) is 8.87. The Kier molecular flexibility index (Phi) is 6.79. The van der Waals surface area contributed by atoms with E-state index in [1.54, 1.807) is 31.4 Å². The zero-order valence-electron chi connectivity index (χ0n) is 13.9. The summed E-state index contributed by atoms with van der Waals surface area (Å²) >= 11 is 3.30. The van der Waals surface area contributed by atoms with Crippen LogP contribution in [0.25, 0.3) is 0 Å². The summed E-state index contributed by atoms with van der Waals surface area (Å²) in [5.41, 5.74) is 0.